The number of aromatic nitrogens is 1. The highest BCUT2D eigenvalue weighted by molar-refractivity contribution is 5.94. The Bertz CT molecular complexity index is 420. The first-order valence-corrected chi connectivity index (χ1v) is 5.64. The van der Waals surface area contributed by atoms with Gasteiger partial charge in [-0.05, 0) is 25.0 Å². The van der Waals surface area contributed by atoms with Gasteiger partial charge >= 0.3 is 11.9 Å². The third-order valence-corrected chi connectivity index (χ3v) is 2.32. The van der Waals surface area contributed by atoms with Crippen LogP contribution in [0, 0.1) is 0 Å². The predicted molar refractivity (Wildman–Crippen MR) is 65.6 cm³/mol. The lowest BCUT2D eigenvalue weighted by atomic mass is 10.2. The Balaban J connectivity index is 2.46. The average molecular weight is 252 g/mol. The molecular formula is C12H16N2O4. The second kappa shape index (κ2) is 7.26. The summed E-state index contributed by atoms with van der Waals surface area (Å²) in [6.45, 7) is 0.564. The van der Waals surface area contributed by atoms with Gasteiger partial charge < -0.3 is 15.2 Å². The van der Waals surface area contributed by atoms with Crippen molar-refractivity contribution in [1.29, 1.82) is 0 Å². The SMILES string of the molecule is COC(=O)c1cccnc1NCCCCC(=O)O. The predicted octanol–water partition coefficient (Wildman–Crippen LogP) is 1.53. The van der Waals surface area contributed by atoms with Crippen molar-refractivity contribution in [2.24, 2.45) is 0 Å². The zero-order chi connectivity index (χ0) is 13.4. The number of esters is 1. The van der Waals surface area contributed by atoms with Crippen LogP contribution in [0.3, 0.4) is 0 Å². The Kier molecular flexibility index (Phi) is 5.63. The van der Waals surface area contributed by atoms with Crippen molar-refractivity contribution in [3.63, 3.8) is 0 Å². The molecule has 0 radical (unpaired) electrons. The number of unbranched alkanes of at least 4 members (excludes halogenated alkanes) is 1. The lowest BCUT2D eigenvalue weighted by Crippen LogP contribution is -2.11. The maximum atomic E-state index is 11.4. The van der Waals surface area contributed by atoms with Gasteiger partial charge in [-0.15, -0.1) is 0 Å². The minimum Gasteiger partial charge on any atom is -0.481 e. The molecule has 0 unspecified atom stereocenters. The first-order valence-electron chi connectivity index (χ1n) is 5.64. The van der Waals surface area contributed by atoms with Crippen molar-refractivity contribution in [2.75, 3.05) is 19.0 Å². The second-order valence-corrected chi connectivity index (χ2v) is 3.67. The number of carboxylic acids is 1. The summed E-state index contributed by atoms with van der Waals surface area (Å²) >= 11 is 0. The number of nitrogens with one attached hydrogen (secondary N) is 1. The van der Waals surface area contributed by atoms with Gasteiger partial charge in [0.15, 0.2) is 0 Å². The molecule has 0 fully saturated rings. The van der Waals surface area contributed by atoms with Crippen molar-refractivity contribution in [3.8, 4) is 0 Å². The summed E-state index contributed by atoms with van der Waals surface area (Å²) in [7, 11) is 1.31. The summed E-state index contributed by atoms with van der Waals surface area (Å²) in [6.07, 6.45) is 3.01. The fraction of sp³-hybridized carbons (Fsp3) is 0.417. The molecule has 0 saturated heterocycles. The van der Waals surface area contributed by atoms with Crippen molar-refractivity contribution in [2.45, 2.75) is 19.3 Å². The van der Waals surface area contributed by atoms with Gasteiger partial charge in [0.2, 0.25) is 0 Å². The topological polar surface area (TPSA) is 88.5 Å². The molecule has 0 atom stereocenters. The van der Waals surface area contributed by atoms with Crippen molar-refractivity contribution < 1.29 is 19.4 Å². The summed E-state index contributed by atoms with van der Waals surface area (Å²) in [6, 6.07) is 3.28. The number of carbonyl (C=O) groups is 2. The number of methoxy groups -OCH3 is 1. The number of hydrogen-bond donors (Lipinski definition) is 2. The Labute approximate surface area is 105 Å². The smallest absolute Gasteiger partial charge is 0.341 e. The molecule has 1 rings (SSSR count). The summed E-state index contributed by atoms with van der Waals surface area (Å²) in [5, 5.41) is 11.5. The third kappa shape index (κ3) is 4.40. The highest BCUT2D eigenvalue weighted by atomic mass is 16.5. The Morgan fingerprint density at radius 3 is 2.89 bits per heavy atom. The van der Waals surface area contributed by atoms with Crippen LogP contribution >= 0.6 is 0 Å². The number of carboxylic acid groups (broad SMARTS) is 1. The molecule has 6 heteroatoms. The van der Waals surface area contributed by atoms with E-state index in [1.54, 1.807) is 18.3 Å². The third-order valence-electron chi connectivity index (χ3n) is 2.32. The summed E-state index contributed by atoms with van der Waals surface area (Å²) in [5.74, 6) is -0.793. The van der Waals surface area contributed by atoms with Crippen molar-refractivity contribution >= 4 is 17.8 Å². The molecule has 0 amide bonds. The van der Waals surface area contributed by atoms with Gasteiger partial charge in [0.1, 0.15) is 11.4 Å². The molecule has 0 aliphatic carbocycles. The van der Waals surface area contributed by atoms with Crippen LogP contribution in [-0.2, 0) is 9.53 Å². The molecule has 0 spiro atoms. The van der Waals surface area contributed by atoms with Gasteiger partial charge in [0.05, 0.1) is 7.11 Å². The molecular weight excluding hydrogens is 236 g/mol. The molecule has 2 N–H and O–H groups in total. The molecule has 1 heterocycles. The zero-order valence-corrected chi connectivity index (χ0v) is 10.2. The van der Waals surface area contributed by atoms with E-state index >= 15 is 0 Å². The van der Waals surface area contributed by atoms with Crippen LogP contribution in [0.1, 0.15) is 29.6 Å². The molecule has 0 aliphatic rings. The van der Waals surface area contributed by atoms with E-state index in [1.165, 1.54) is 7.11 Å². The van der Waals surface area contributed by atoms with Crippen LogP contribution in [0.5, 0.6) is 0 Å². The van der Waals surface area contributed by atoms with E-state index in [0.29, 0.717) is 30.8 Å². The molecule has 1 aromatic heterocycles. The van der Waals surface area contributed by atoms with Gasteiger partial charge in [-0.1, -0.05) is 0 Å². The monoisotopic (exact) mass is 252 g/mol. The van der Waals surface area contributed by atoms with Crippen molar-refractivity contribution in [3.05, 3.63) is 23.9 Å². The normalized spacial score (nSPS) is 9.83. The highest BCUT2D eigenvalue weighted by Crippen LogP contribution is 2.12. The first kappa shape index (κ1) is 14.0. The number of rotatable bonds is 7. The Hall–Kier alpha value is -2.11. The van der Waals surface area contributed by atoms with Crippen molar-refractivity contribution in [1.82, 2.24) is 4.98 Å². The minimum absolute atomic E-state index is 0.147. The molecule has 6 nitrogen and oxygen atoms in total. The first-order chi connectivity index (χ1) is 8.65. The average Bonchev–Trinajstić information content (AvgIpc) is 2.37. The van der Waals surface area contributed by atoms with E-state index in [-0.39, 0.29) is 6.42 Å². The van der Waals surface area contributed by atoms with Crippen LogP contribution in [0.25, 0.3) is 0 Å². The summed E-state index contributed by atoms with van der Waals surface area (Å²) in [4.78, 5) is 25.8. The molecule has 0 aliphatic heterocycles. The van der Waals surface area contributed by atoms with Crippen LogP contribution in [0.2, 0.25) is 0 Å². The maximum Gasteiger partial charge on any atom is 0.341 e. The standard InChI is InChI=1S/C12H16N2O4/c1-18-12(17)9-5-4-8-14-11(9)13-7-3-2-6-10(15)16/h4-5,8H,2-3,6-7H2,1H3,(H,13,14)(H,15,16). The maximum absolute atomic E-state index is 11.4. The quantitative estimate of drug-likeness (QED) is 0.565. The van der Waals surface area contributed by atoms with E-state index in [2.05, 4.69) is 15.0 Å². The number of pyridine rings is 1. The van der Waals surface area contributed by atoms with E-state index < -0.39 is 11.9 Å². The fourth-order valence-electron chi connectivity index (χ4n) is 1.43. The van der Waals surface area contributed by atoms with Crippen LogP contribution in [0.4, 0.5) is 5.82 Å². The molecule has 18 heavy (non-hydrogen) atoms. The summed E-state index contributed by atoms with van der Waals surface area (Å²) in [5.41, 5.74) is 0.373. The molecule has 0 aromatic carbocycles. The fourth-order valence-corrected chi connectivity index (χ4v) is 1.43. The number of aliphatic carboxylic acids is 1. The Morgan fingerprint density at radius 2 is 2.22 bits per heavy atom. The Morgan fingerprint density at radius 1 is 1.44 bits per heavy atom. The largest absolute Gasteiger partial charge is 0.481 e. The second-order valence-electron chi connectivity index (χ2n) is 3.67. The number of hydrogen-bond acceptors (Lipinski definition) is 5. The van der Waals surface area contributed by atoms with E-state index in [9.17, 15) is 9.59 Å². The van der Waals surface area contributed by atoms with Gasteiger partial charge in [-0.25, -0.2) is 9.78 Å². The summed E-state index contributed by atoms with van der Waals surface area (Å²) < 4.78 is 4.64. The van der Waals surface area contributed by atoms with Crippen LogP contribution in [-0.4, -0.2) is 35.7 Å². The molecule has 0 bridgehead atoms. The number of anilines is 1. The van der Waals surface area contributed by atoms with E-state index in [0.717, 1.165) is 0 Å². The number of nitrogens with zero attached hydrogens (tertiary/aromatic N) is 1. The highest BCUT2D eigenvalue weighted by Gasteiger charge is 2.11. The zero-order valence-electron chi connectivity index (χ0n) is 10.2. The lowest BCUT2D eigenvalue weighted by molar-refractivity contribution is -0.137. The van der Waals surface area contributed by atoms with Crippen LogP contribution < -0.4 is 5.32 Å². The van der Waals surface area contributed by atoms with Crippen LogP contribution in [0.15, 0.2) is 18.3 Å². The van der Waals surface area contributed by atoms with Gasteiger partial charge in [0, 0.05) is 19.2 Å². The number of ether oxygens (including phenoxy) is 1. The van der Waals surface area contributed by atoms with E-state index in [4.69, 9.17) is 5.11 Å². The minimum atomic E-state index is -0.803. The number of carbonyl (C=O) groups excluding carboxylic acids is 1. The molecule has 0 saturated carbocycles. The molecule has 1 aromatic rings. The van der Waals surface area contributed by atoms with E-state index in [1.807, 2.05) is 0 Å². The lowest BCUT2D eigenvalue weighted by Gasteiger charge is -2.08. The molecule has 98 valence electrons. The van der Waals surface area contributed by atoms with Gasteiger partial charge in [-0.2, -0.15) is 0 Å². The van der Waals surface area contributed by atoms with Gasteiger partial charge in [-0.3, -0.25) is 4.79 Å². The van der Waals surface area contributed by atoms with Gasteiger partial charge in [0.25, 0.3) is 0 Å².